The molecule has 0 aliphatic rings. The number of nitriles is 1. The van der Waals surface area contributed by atoms with Crippen LogP contribution >= 0.6 is 0 Å². The average molecular weight is 297 g/mol. The van der Waals surface area contributed by atoms with Crippen LogP contribution in [0.4, 0.5) is 0 Å². The molecular formula is C16H11NO3S. The summed E-state index contributed by atoms with van der Waals surface area (Å²) in [5.74, 6) is 0. The molecule has 0 fully saturated rings. The highest BCUT2D eigenvalue weighted by Gasteiger charge is 2.20. The molecule has 0 N–H and O–H groups in total. The maximum atomic E-state index is 12.3. The predicted octanol–water partition coefficient (Wildman–Crippen LogP) is 2.84. The lowest BCUT2D eigenvalue weighted by Gasteiger charge is -2.03. The van der Waals surface area contributed by atoms with Crippen molar-refractivity contribution in [2.45, 2.75) is 4.90 Å². The second-order valence-electron chi connectivity index (χ2n) is 4.22. The Bertz CT molecular complexity index is 814. The molecule has 0 radical (unpaired) electrons. The minimum absolute atomic E-state index is 0.0716. The highest BCUT2D eigenvalue weighted by Crippen LogP contribution is 2.20. The van der Waals surface area contributed by atoms with Crippen LogP contribution in [-0.2, 0) is 9.84 Å². The Labute approximate surface area is 122 Å². The van der Waals surface area contributed by atoms with E-state index in [-0.39, 0.29) is 9.80 Å². The number of aldehydes is 1. The van der Waals surface area contributed by atoms with Crippen molar-refractivity contribution in [2.24, 2.45) is 0 Å². The second kappa shape index (κ2) is 6.16. The van der Waals surface area contributed by atoms with Crippen molar-refractivity contribution in [3.8, 4) is 6.07 Å². The minimum atomic E-state index is -3.83. The third-order valence-corrected chi connectivity index (χ3v) is 4.50. The predicted molar refractivity (Wildman–Crippen MR) is 79.0 cm³/mol. The summed E-state index contributed by atoms with van der Waals surface area (Å²) < 4.78 is 24.7. The number of allylic oxidation sites excluding steroid dienone is 1. The first-order chi connectivity index (χ1) is 10.1. The van der Waals surface area contributed by atoms with Gasteiger partial charge in [-0.3, -0.25) is 4.79 Å². The molecular weight excluding hydrogens is 286 g/mol. The zero-order valence-electron chi connectivity index (χ0n) is 10.9. The van der Waals surface area contributed by atoms with E-state index in [0.29, 0.717) is 17.4 Å². The van der Waals surface area contributed by atoms with Gasteiger partial charge >= 0.3 is 0 Å². The van der Waals surface area contributed by atoms with Crippen LogP contribution in [0.25, 0.3) is 6.08 Å². The molecule has 0 spiro atoms. The third-order valence-electron chi connectivity index (χ3n) is 2.82. The van der Waals surface area contributed by atoms with E-state index >= 15 is 0 Å². The molecule has 21 heavy (non-hydrogen) atoms. The normalized spacial score (nSPS) is 11.7. The van der Waals surface area contributed by atoms with Gasteiger partial charge < -0.3 is 0 Å². The standard InChI is InChI=1S/C16H11NO3S/c17-11-16(10-13-6-8-14(12-18)9-7-13)21(19,20)15-4-2-1-3-5-15/h1-10,12H. The van der Waals surface area contributed by atoms with Crippen molar-refractivity contribution < 1.29 is 13.2 Å². The summed E-state index contributed by atoms with van der Waals surface area (Å²) >= 11 is 0. The molecule has 2 rings (SSSR count). The molecule has 2 aromatic carbocycles. The highest BCUT2D eigenvalue weighted by atomic mass is 32.2. The fraction of sp³-hybridized carbons (Fsp3) is 0. The lowest BCUT2D eigenvalue weighted by atomic mass is 10.1. The summed E-state index contributed by atoms with van der Waals surface area (Å²) in [5.41, 5.74) is 1.02. The van der Waals surface area contributed by atoms with Gasteiger partial charge in [0, 0.05) is 5.56 Å². The SMILES string of the molecule is N#CC(=Cc1ccc(C=O)cc1)S(=O)(=O)c1ccccc1. The Hall–Kier alpha value is -2.71. The van der Waals surface area contributed by atoms with Crippen molar-refractivity contribution in [1.29, 1.82) is 5.26 Å². The van der Waals surface area contributed by atoms with E-state index in [1.165, 1.54) is 18.2 Å². The van der Waals surface area contributed by atoms with E-state index < -0.39 is 9.84 Å². The maximum Gasteiger partial charge on any atom is 0.216 e. The Morgan fingerprint density at radius 3 is 2.05 bits per heavy atom. The lowest BCUT2D eigenvalue weighted by molar-refractivity contribution is 0.112. The largest absolute Gasteiger partial charge is 0.298 e. The summed E-state index contributed by atoms with van der Waals surface area (Å²) in [7, 11) is -3.83. The molecule has 0 aromatic heterocycles. The van der Waals surface area contributed by atoms with Gasteiger partial charge in [0.25, 0.3) is 0 Å². The first kappa shape index (κ1) is 14.7. The van der Waals surface area contributed by atoms with Crippen LogP contribution in [-0.4, -0.2) is 14.7 Å². The summed E-state index contributed by atoms with van der Waals surface area (Å²) in [5, 5.41) is 9.13. The molecule has 104 valence electrons. The van der Waals surface area contributed by atoms with Gasteiger partial charge in [-0.05, 0) is 23.8 Å². The van der Waals surface area contributed by atoms with Crippen molar-refractivity contribution in [1.82, 2.24) is 0 Å². The molecule has 0 bridgehead atoms. The fourth-order valence-corrected chi connectivity index (χ4v) is 2.90. The van der Waals surface area contributed by atoms with Crippen LogP contribution in [0, 0.1) is 11.3 Å². The third kappa shape index (κ3) is 3.25. The van der Waals surface area contributed by atoms with Crippen LogP contribution in [0.5, 0.6) is 0 Å². The zero-order chi connectivity index (χ0) is 15.3. The van der Waals surface area contributed by atoms with E-state index in [2.05, 4.69) is 0 Å². The van der Waals surface area contributed by atoms with E-state index in [9.17, 15) is 13.2 Å². The van der Waals surface area contributed by atoms with Gasteiger partial charge in [-0.15, -0.1) is 0 Å². The van der Waals surface area contributed by atoms with Gasteiger partial charge in [0.15, 0.2) is 0 Å². The van der Waals surface area contributed by atoms with Gasteiger partial charge in [-0.1, -0.05) is 42.5 Å². The second-order valence-corrected chi connectivity index (χ2v) is 6.14. The molecule has 0 saturated heterocycles. The van der Waals surface area contributed by atoms with Crippen LogP contribution in [0.15, 0.2) is 64.4 Å². The van der Waals surface area contributed by atoms with Crippen LogP contribution in [0.3, 0.4) is 0 Å². The molecule has 0 aliphatic carbocycles. The molecule has 0 unspecified atom stereocenters. The quantitative estimate of drug-likeness (QED) is 0.642. The Morgan fingerprint density at radius 2 is 1.52 bits per heavy atom. The molecule has 0 saturated carbocycles. The number of hydrogen-bond donors (Lipinski definition) is 0. The highest BCUT2D eigenvalue weighted by molar-refractivity contribution is 7.95. The first-order valence-electron chi connectivity index (χ1n) is 6.05. The van der Waals surface area contributed by atoms with E-state index in [4.69, 9.17) is 5.26 Å². The molecule has 4 nitrogen and oxygen atoms in total. The molecule has 0 atom stereocenters. The van der Waals surface area contributed by atoms with Gasteiger partial charge in [0.1, 0.15) is 17.3 Å². The Balaban J connectivity index is 2.46. The van der Waals surface area contributed by atoms with Crippen LogP contribution < -0.4 is 0 Å². The number of hydrogen-bond acceptors (Lipinski definition) is 4. The van der Waals surface area contributed by atoms with Crippen molar-refractivity contribution in [2.75, 3.05) is 0 Å². The van der Waals surface area contributed by atoms with Crippen molar-refractivity contribution in [3.63, 3.8) is 0 Å². The van der Waals surface area contributed by atoms with Crippen LogP contribution in [0.2, 0.25) is 0 Å². The van der Waals surface area contributed by atoms with E-state index in [1.54, 1.807) is 48.5 Å². The number of rotatable bonds is 4. The van der Waals surface area contributed by atoms with E-state index in [0.717, 1.165) is 0 Å². The molecule has 5 heteroatoms. The first-order valence-corrected chi connectivity index (χ1v) is 7.53. The number of carbonyl (C=O) groups is 1. The van der Waals surface area contributed by atoms with Gasteiger partial charge in [0.05, 0.1) is 4.90 Å². The lowest BCUT2D eigenvalue weighted by Crippen LogP contribution is -2.03. The minimum Gasteiger partial charge on any atom is -0.298 e. The van der Waals surface area contributed by atoms with Crippen molar-refractivity contribution in [3.05, 3.63) is 70.6 Å². The molecule has 0 heterocycles. The Morgan fingerprint density at radius 1 is 0.952 bits per heavy atom. The Kier molecular flexibility index (Phi) is 4.31. The topological polar surface area (TPSA) is 75.0 Å². The molecule has 0 aliphatic heterocycles. The maximum absolute atomic E-state index is 12.3. The fourth-order valence-electron chi connectivity index (χ4n) is 1.72. The summed E-state index contributed by atoms with van der Waals surface area (Å²) in [6.45, 7) is 0. The van der Waals surface area contributed by atoms with Gasteiger partial charge in [-0.2, -0.15) is 5.26 Å². The summed E-state index contributed by atoms with van der Waals surface area (Å²) in [6, 6.07) is 15.8. The zero-order valence-corrected chi connectivity index (χ0v) is 11.7. The number of nitrogens with zero attached hydrogens (tertiary/aromatic N) is 1. The number of sulfone groups is 1. The monoisotopic (exact) mass is 297 g/mol. The summed E-state index contributed by atoms with van der Waals surface area (Å²) in [6.07, 6.45) is 1.98. The smallest absolute Gasteiger partial charge is 0.216 e. The summed E-state index contributed by atoms with van der Waals surface area (Å²) in [4.78, 5) is 10.3. The molecule has 0 amide bonds. The number of benzene rings is 2. The van der Waals surface area contributed by atoms with Crippen LogP contribution in [0.1, 0.15) is 15.9 Å². The van der Waals surface area contributed by atoms with Crippen molar-refractivity contribution >= 4 is 22.2 Å². The molecule has 2 aromatic rings. The van der Waals surface area contributed by atoms with Gasteiger partial charge in [-0.25, -0.2) is 8.42 Å². The average Bonchev–Trinajstić information content (AvgIpc) is 2.53. The van der Waals surface area contributed by atoms with Gasteiger partial charge in [0.2, 0.25) is 9.84 Å². The van der Waals surface area contributed by atoms with E-state index in [1.807, 2.05) is 0 Å². The number of carbonyl (C=O) groups excluding carboxylic acids is 1.